The Bertz CT molecular complexity index is 638. The van der Waals surface area contributed by atoms with Gasteiger partial charge in [-0.15, -0.1) is 16.4 Å². The fourth-order valence-corrected chi connectivity index (χ4v) is 4.01. The number of aryl methyl sites for hydroxylation is 1. The molecule has 0 bridgehead atoms. The van der Waals surface area contributed by atoms with Gasteiger partial charge in [-0.2, -0.15) is 4.68 Å². The van der Waals surface area contributed by atoms with E-state index in [0.29, 0.717) is 13.2 Å². The summed E-state index contributed by atoms with van der Waals surface area (Å²) in [5.41, 5.74) is 1.91. The van der Waals surface area contributed by atoms with Crippen molar-refractivity contribution in [2.24, 2.45) is 0 Å². The van der Waals surface area contributed by atoms with Crippen LogP contribution >= 0.6 is 11.3 Å². The molecule has 0 aliphatic heterocycles. The first-order chi connectivity index (χ1) is 10.8. The van der Waals surface area contributed by atoms with Gasteiger partial charge in [0.15, 0.2) is 0 Å². The molecule has 8 heteroatoms. The number of hydrogen-bond donors (Lipinski definition) is 1. The minimum atomic E-state index is -0.0407. The van der Waals surface area contributed by atoms with Crippen LogP contribution in [0.4, 0.5) is 0 Å². The summed E-state index contributed by atoms with van der Waals surface area (Å²) in [6, 6.07) is 0. The molecule has 1 aliphatic carbocycles. The lowest BCUT2D eigenvalue weighted by atomic mass is 9.95. The fourth-order valence-electron chi connectivity index (χ4n) is 2.71. The highest BCUT2D eigenvalue weighted by atomic mass is 32.1. The highest BCUT2D eigenvalue weighted by Gasteiger charge is 2.26. The van der Waals surface area contributed by atoms with Gasteiger partial charge >= 0.3 is 0 Å². The Labute approximate surface area is 132 Å². The van der Waals surface area contributed by atoms with Gasteiger partial charge in [-0.1, -0.05) is 0 Å². The molecular formula is C14H19N5O2S. The van der Waals surface area contributed by atoms with Crippen LogP contribution in [0.3, 0.4) is 0 Å². The quantitative estimate of drug-likeness (QED) is 0.813. The van der Waals surface area contributed by atoms with Crippen LogP contribution in [0.25, 0.3) is 5.00 Å². The van der Waals surface area contributed by atoms with Gasteiger partial charge in [0.2, 0.25) is 0 Å². The average Bonchev–Trinajstić information content (AvgIpc) is 3.17. The highest BCUT2D eigenvalue weighted by Crippen LogP contribution is 2.36. The third-order valence-corrected chi connectivity index (χ3v) is 5.03. The normalized spacial score (nSPS) is 13.9. The first kappa shape index (κ1) is 15.1. The standard InChI is InChI=1S/C14H19N5O2S/c1-21-8-4-7-15-13(20)12-10-5-2-3-6-11(10)22-14(12)19-9-16-17-18-19/h9H,2-8H2,1H3,(H,15,20). The molecule has 0 radical (unpaired) electrons. The van der Waals surface area contributed by atoms with E-state index < -0.39 is 0 Å². The van der Waals surface area contributed by atoms with Gasteiger partial charge in [-0.25, -0.2) is 0 Å². The molecule has 0 saturated carbocycles. The molecule has 118 valence electrons. The van der Waals surface area contributed by atoms with E-state index in [1.165, 1.54) is 16.9 Å². The lowest BCUT2D eigenvalue weighted by molar-refractivity contribution is 0.0948. The van der Waals surface area contributed by atoms with E-state index in [-0.39, 0.29) is 5.91 Å². The van der Waals surface area contributed by atoms with Crippen LogP contribution < -0.4 is 5.32 Å². The largest absolute Gasteiger partial charge is 0.385 e. The number of rotatable bonds is 6. The predicted molar refractivity (Wildman–Crippen MR) is 82.5 cm³/mol. The Hall–Kier alpha value is -1.80. The minimum absolute atomic E-state index is 0.0407. The molecule has 0 spiro atoms. The highest BCUT2D eigenvalue weighted by molar-refractivity contribution is 7.15. The van der Waals surface area contributed by atoms with Gasteiger partial charge in [0, 0.05) is 25.1 Å². The predicted octanol–water partition coefficient (Wildman–Crippen LogP) is 1.37. The molecule has 2 aromatic heterocycles. The molecule has 1 aliphatic rings. The topological polar surface area (TPSA) is 81.9 Å². The van der Waals surface area contributed by atoms with Crippen molar-refractivity contribution < 1.29 is 9.53 Å². The summed E-state index contributed by atoms with van der Waals surface area (Å²) in [7, 11) is 1.66. The second-order valence-electron chi connectivity index (χ2n) is 5.25. The number of ether oxygens (including phenoxy) is 1. The Kier molecular flexibility index (Phi) is 4.79. The van der Waals surface area contributed by atoms with E-state index in [9.17, 15) is 4.79 Å². The number of nitrogens with one attached hydrogen (secondary N) is 1. The summed E-state index contributed by atoms with van der Waals surface area (Å²) < 4.78 is 6.60. The fraction of sp³-hybridized carbons (Fsp3) is 0.571. The smallest absolute Gasteiger partial charge is 0.254 e. The van der Waals surface area contributed by atoms with E-state index in [1.807, 2.05) is 0 Å². The number of nitrogens with zero attached hydrogens (tertiary/aromatic N) is 4. The number of fused-ring (bicyclic) bond motifs is 1. The van der Waals surface area contributed by atoms with Crippen molar-refractivity contribution in [2.45, 2.75) is 32.1 Å². The molecule has 0 saturated heterocycles. The summed E-state index contributed by atoms with van der Waals surface area (Å²) in [5, 5.41) is 15.1. The SMILES string of the molecule is COCCCNC(=O)c1c(-n2cnnn2)sc2c1CCCC2. The average molecular weight is 321 g/mol. The number of methoxy groups -OCH3 is 1. The van der Waals surface area contributed by atoms with Crippen molar-refractivity contribution in [3.8, 4) is 5.00 Å². The minimum Gasteiger partial charge on any atom is -0.385 e. The lowest BCUT2D eigenvalue weighted by Gasteiger charge is -2.13. The summed E-state index contributed by atoms with van der Waals surface area (Å²) in [6.07, 6.45) is 6.63. The summed E-state index contributed by atoms with van der Waals surface area (Å²) >= 11 is 1.63. The number of tetrazole rings is 1. The van der Waals surface area contributed by atoms with Gasteiger partial charge < -0.3 is 10.1 Å². The first-order valence-corrected chi connectivity index (χ1v) is 8.28. The van der Waals surface area contributed by atoms with Gasteiger partial charge in [-0.05, 0) is 48.1 Å². The molecular weight excluding hydrogens is 302 g/mol. The Morgan fingerprint density at radius 2 is 2.32 bits per heavy atom. The molecule has 2 heterocycles. The van der Waals surface area contributed by atoms with Crippen LogP contribution in [0.2, 0.25) is 0 Å². The van der Waals surface area contributed by atoms with E-state index in [2.05, 4.69) is 20.8 Å². The molecule has 1 N–H and O–H groups in total. The van der Waals surface area contributed by atoms with Gasteiger partial charge in [0.1, 0.15) is 11.3 Å². The Morgan fingerprint density at radius 1 is 1.45 bits per heavy atom. The van der Waals surface area contributed by atoms with E-state index in [4.69, 9.17) is 4.74 Å². The zero-order valence-corrected chi connectivity index (χ0v) is 13.4. The van der Waals surface area contributed by atoms with Crippen LogP contribution in [0.15, 0.2) is 6.33 Å². The second-order valence-corrected chi connectivity index (χ2v) is 6.33. The maximum Gasteiger partial charge on any atom is 0.254 e. The van der Waals surface area contributed by atoms with E-state index >= 15 is 0 Å². The van der Waals surface area contributed by atoms with Crippen LogP contribution in [-0.2, 0) is 17.6 Å². The van der Waals surface area contributed by atoms with Gasteiger partial charge in [0.25, 0.3) is 5.91 Å². The maximum atomic E-state index is 12.6. The van der Waals surface area contributed by atoms with Crippen LogP contribution in [0, 0.1) is 0 Å². The summed E-state index contributed by atoms with van der Waals surface area (Å²) in [5.74, 6) is -0.0407. The molecule has 0 aromatic carbocycles. The van der Waals surface area contributed by atoms with Crippen molar-refractivity contribution in [3.05, 3.63) is 22.3 Å². The van der Waals surface area contributed by atoms with Crippen molar-refractivity contribution in [2.75, 3.05) is 20.3 Å². The molecule has 3 rings (SSSR count). The molecule has 2 aromatic rings. The number of amides is 1. The molecule has 0 atom stereocenters. The Morgan fingerprint density at radius 3 is 3.09 bits per heavy atom. The molecule has 22 heavy (non-hydrogen) atoms. The van der Waals surface area contributed by atoms with Gasteiger partial charge in [0.05, 0.1) is 5.56 Å². The van der Waals surface area contributed by atoms with Crippen molar-refractivity contribution >= 4 is 17.2 Å². The van der Waals surface area contributed by atoms with Gasteiger partial charge in [-0.3, -0.25) is 4.79 Å². The number of thiophene rings is 1. The van der Waals surface area contributed by atoms with Crippen molar-refractivity contribution in [1.29, 1.82) is 0 Å². The number of aromatic nitrogens is 4. The van der Waals surface area contributed by atoms with Crippen LogP contribution in [0.1, 0.15) is 40.1 Å². The number of carbonyl (C=O) groups excluding carboxylic acids is 1. The first-order valence-electron chi connectivity index (χ1n) is 7.46. The summed E-state index contributed by atoms with van der Waals surface area (Å²) in [4.78, 5) is 13.9. The van der Waals surface area contributed by atoms with Crippen LogP contribution in [-0.4, -0.2) is 46.4 Å². The van der Waals surface area contributed by atoms with Crippen LogP contribution in [0.5, 0.6) is 0 Å². The molecule has 1 amide bonds. The maximum absolute atomic E-state index is 12.6. The molecule has 0 unspecified atom stereocenters. The van der Waals surface area contributed by atoms with E-state index in [1.54, 1.807) is 29.5 Å². The molecule has 0 fully saturated rings. The lowest BCUT2D eigenvalue weighted by Crippen LogP contribution is -2.27. The van der Waals surface area contributed by atoms with Crippen molar-refractivity contribution in [1.82, 2.24) is 25.5 Å². The zero-order chi connectivity index (χ0) is 15.4. The Balaban J connectivity index is 1.87. The summed E-state index contributed by atoms with van der Waals surface area (Å²) in [6.45, 7) is 1.24. The monoisotopic (exact) mass is 321 g/mol. The number of hydrogen-bond acceptors (Lipinski definition) is 6. The third-order valence-electron chi connectivity index (χ3n) is 3.75. The van der Waals surface area contributed by atoms with E-state index in [0.717, 1.165) is 36.2 Å². The second kappa shape index (κ2) is 6.97. The number of carbonyl (C=O) groups is 1. The molecule has 7 nitrogen and oxygen atoms in total. The zero-order valence-electron chi connectivity index (χ0n) is 12.5. The third kappa shape index (κ3) is 3.02. The van der Waals surface area contributed by atoms with Crippen molar-refractivity contribution in [3.63, 3.8) is 0 Å².